The number of rotatable bonds is 11. The van der Waals surface area contributed by atoms with Gasteiger partial charge in [-0.2, -0.15) is 0 Å². The van der Waals surface area contributed by atoms with Crippen molar-refractivity contribution in [2.24, 2.45) is 0 Å². The van der Waals surface area contributed by atoms with Crippen LogP contribution in [0.25, 0.3) is 0 Å². The quantitative estimate of drug-likeness (QED) is 0.284. The van der Waals surface area contributed by atoms with Gasteiger partial charge in [0.05, 0.1) is 0 Å². The van der Waals surface area contributed by atoms with E-state index in [1.165, 1.54) is 0 Å². The second-order valence-electron chi connectivity index (χ2n) is 7.13. The van der Waals surface area contributed by atoms with Crippen molar-refractivity contribution >= 4 is 58.4 Å². The smallest absolute Gasteiger partial charge is 0.242 e. The van der Waals surface area contributed by atoms with E-state index in [1.54, 1.807) is 41.8 Å². The van der Waals surface area contributed by atoms with E-state index in [0.717, 1.165) is 22.6 Å². The highest BCUT2D eigenvalue weighted by Gasteiger charge is 2.26. The van der Waals surface area contributed by atoms with Crippen LogP contribution in [0.1, 0.15) is 38.7 Å². The summed E-state index contributed by atoms with van der Waals surface area (Å²) < 4.78 is 0. The van der Waals surface area contributed by atoms with E-state index in [9.17, 15) is 9.59 Å². The fourth-order valence-electron chi connectivity index (χ4n) is 2.90. The topological polar surface area (TPSA) is 49.4 Å². The van der Waals surface area contributed by atoms with Crippen molar-refractivity contribution in [3.8, 4) is 0 Å². The largest absolute Gasteiger partial charge is 0.354 e. The summed E-state index contributed by atoms with van der Waals surface area (Å²) in [7, 11) is 0. The van der Waals surface area contributed by atoms with E-state index in [0.29, 0.717) is 34.5 Å². The first-order valence-corrected chi connectivity index (χ1v) is 12.3. The molecule has 8 heteroatoms. The Hall–Kier alpha value is -1.40. The first-order valence-electron chi connectivity index (χ1n) is 10.2. The van der Waals surface area contributed by atoms with Crippen molar-refractivity contribution in [2.75, 3.05) is 12.3 Å². The van der Waals surface area contributed by atoms with Crippen molar-refractivity contribution in [1.29, 1.82) is 0 Å². The molecule has 168 valence electrons. The van der Waals surface area contributed by atoms with Crippen molar-refractivity contribution in [3.05, 3.63) is 63.1 Å². The molecule has 0 aliphatic heterocycles. The van der Waals surface area contributed by atoms with E-state index < -0.39 is 6.04 Å². The lowest BCUT2D eigenvalue weighted by Crippen LogP contribution is -2.47. The third-order valence-corrected chi connectivity index (χ3v) is 6.63. The number of carbonyl (C=O) groups excluding carboxylic acids is 2. The Morgan fingerprint density at radius 2 is 1.74 bits per heavy atom. The number of hydrogen-bond acceptors (Lipinski definition) is 3. The number of nitrogens with one attached hydrogen (secondary N) is 1. The van der Waals surface area contributed by atoms with Crippen molar-refractivity contribution < 1.29 is 9.59 Å². The van der Waals surface area contributed by atoms with Gasteiger partial charge >= 0.3 is 0 Å². The summed E-state index contributed by atoms with van der Waals surface area (Å²) in [5, 5.41) is 4.57. The average Bonchev–Trinajstić information content (AvgIpc) is 2.75. The predicted molar refractivity (Wildman–Crippen MR) is 131 cm³/mol. The van der Waals surface area contributed by atoms with Crippen LogP contribution in [0.2, 0.25) is 15.1 Å². The van der Waals surface area contributed by atoms with Crippen LogP contribution in [0.3, 0.4) is 0 Å². The van der Waals surface area contributed by atoms with E-state index in [2.05, 4.69) is 5.32 Å². The number of halogens is 3. The van der Waals surface area contributed by atoms with E-state index in [-0.39, 0.29) is 18.4 Å². The molecule has 2 aromatic carbocycles. The highest BCUT2D eigenvalue weighted by atomic mass is 35.5. The van der Waals surface area contributed by atoms with Crippen LogP contribution in [0, 0.1) is 0 Å². The molecule has 1 atom stereocenters. The van der Waals surface area contributed by atoms with Gasteiger partial charge in [0.2, 0.25) is 11.8 Å². The van der Waals surface area contributed by atoms with Gasteiger partial charge in [-0.3, -0.25) is 9.59 Å². The molecule has 2 amide bonds. The zero-order chi connectivity index (χ0) is 22.8. The lowest BCUT2D eigenvalue weighted by molar-refractivity contribution is -0.140. The van der Waals surface area contributed by atoms with Crippen LogP contribution in [-0.4, -0.2) is 35.1 Å². The number of hydrogen-bond donors (Lipinski definition) is 1. The first-order chi connectivity index (χ1) is 14.8. The number of thioether (sulfide) groups is 1. The van der Waals surface area contributed by atoms with Gasteiger partial charge in [-0.1, -0.05) is 47.8 Å². The van der Waals surface area contributed by atoms with Crippen LogP contribution >= 0.6 is 46.6 Å². The molecule has 2 aromatic rings. The Bertz CT molecular complexity index is 878. The maximum absolute atomic E-state index is 13.1. The van der Waals surface area contributed by atoms with Gasteiger partial charge in [0.15, 0.2) is 0 Å². The predicted octanol–water partition coefficient (Wildman–Crippen LogP) is 6.46. The summed E-state index contributed by atoms with van der Waals surface area (Å²) in [6.07, 6.45) is 1.87. The van der Waals surface area contributed by atoms with Crippen LogP contribution in [0.15, 0.2) is 47.4 Å². The minimum absolute atomic E-state index is 0.0816. The molecule has 0 saturated heterocycles. The van der Waals surface area contributed by atoms with Gasteiger partial charge in [0.1, 0.15) is 6.04 Å². The third kappa shape index (κ3) is 8.57. The molecular formula is C23H27Cl3N2O2S. The zero-order valence-electron chi connectivity index (χ0n) is 17.7. The summed E-state index contributed by atoms with van der Waals surface area (Å²) in [6.45, 7) is 4.55. The minimum atomic E-state index is -0.602. The molecule has 0 aliphatic rings. The Kier molecular flexibility index (Phi) is 11.0. The van der Waals surface area contributed by atoms with E-state index in [4.69, 9.17) is 34.8 Å². The van der Waals surface area contributed by atoms with E-state index >= 15 is 0 Å². The third-order valence-electron chi connectivity index (χ3n) is 4.69. The number of amides is 2. The molecule has 1 N–H and O–H groups in total. The van der Waals surface area contributed by atoms with Crippen molar-refractivity contribution in [3.63, 3.8) is 0 Å². The molecule has 4 nitrogen and oxygen atoms in total. The Morgan fingerprint density at radius 1 is 1.06 bits per heavy atom. The maximum atomic E-state index is 13.1. The fraction of sp³-hybridized carbons (Fsp3) is 0.391. The van der Waals surface area contributed by atoms with Gasteiger partial charge in [0.25, 0.3) is 0 Å². The molecule has 0 heterocycles. The lowest BCUT2D eigenvalue weighted by atomic mass is 10.1. The van der Waals surface area contributed by atoms with Gasteiger partial charge in [0, 0.05) is 39.5 Å². The number of carbonyl (C=O) groups is 2. The molecule has 0 radical (unpaired) electrons. The average molecular weight is 502 g/mol. The maximum Gasteiger partial charge on any atom is 0.242 e. The van der Waals surface area contributed by atoms with Crippen LogP contribution in [0.5, 0.6) is 0 Å². The standard InChI is InChI=1S/C23H27Cl3N2O2S/c1-3-12-27-23(30)16(2)28(15-17-6-7-19(25)14-21(17)26)22(29)5-4-13-31-20-10-8-18(24)9-11-20/h6-11,14,16H,3-5,12-13,15H2,1-2H3,(H,27,30). The molecule has 31 heavy (non-hydrogen) atoms. The molecule has 2 rings (SSSR count). The summed E-state index contributed by atoms with van der Waals surface area (Å²) in [6, 6.07) is 12.2. The van der Waals surface area contributed by atoms with Crippen molar-refractivity contribution in [1.82, 2.24) is 10.2 Å². The molecule has 1 unspecified atom stereocenters. The number of benzene rings is 2. The fourth-order valence-corrected chi connectivity index (χ4v) is 4.35. The molecular weight excluding hydrogens is 475 g/mol. The Morgan fingerprint density at radius 3 is 2.39 bits per heavy atom. The molecule has 0 spiro atoms. The molecule has 0 saturated carbocycles. The second-order valence-corrected chi connectivity index (χ2v) is 9.58. The minimum Gasteiger partial charge on any atom is -0.354 e. The molecule has 0 fully saturated rings. The van der Waals surface area contributed by atoms with Gasteiger partial charge in [-0.05, 0) is 67.5 Å². The summed E-state index contributed by atoms with van der Waals surface area (Å²) in [5.41, 5.74) is 0.755. The second kappa shape index (κ2) is 13.2. The molecule has 0 aromatic heterocycles. The molecule has 0 aliphatic carbocycles. The summed E-state index contributed by atoms with van der Waals surface area (Å²) >= 11 is 19.9. The number of nitrogens with zero attached hydrogens (tertiary/aromatic N) is 1. The Balaban J connectivity index is 2.02. The normalized spacial score (nSPS) is 11.8. The summed E-state index contributed by atoms with van der Waals surface area (Å²) in [4.78, 5) is 28.3. The van der Waals surface area contributed by atoms with Gasteiger partial charge < -0.3 is 10.2 Å². The monoisotopic (exact) mass is 500 g/mol. The summed E-state index contributed by atoms with van der Waals surface area (Å²) in [5.74, 6) is 0.539. The first kappa shape index (κ1) is 25.9. The van der Waals surface area contributed by atoms with Gasteiger partial charge in [-0.15, -0.1) is 11.8 Å². The Labute approximate surface area is 203 Å². The highest BCUT2D eigenvalue weighted by molar-refractivity contribution is 7.99. The van der Waals surface area contributed by atoms with Crippen LogP contribution in [-0.2, 0) is 16.1 Å². The van der Waals surface area contributed by atoms with Gasteiger partial charge in [-0.25, -0.2) is 0 Å². The zero-order valence-corrected chi connectivity index (χ0v) is 20.8. The van der Waals surface area contributed by atoms with Crippen LogP contribution < -0.4 is 5.32 Å². The van der Waals surface area contributed by atoms with Crippen LogP contribution in [0.4, 0.5) is 0 Å². The molecule has 0 bridgehead atoms. The van der Waals surface area contributed by atoms with E-state index in [1.807, 2.05) is 31.2 Å². The SMILES string of the molecule is CCCNC(=O)C(C)N(Cc1ccc(Cl)cc1Cl)C(=O)CCCSc1ccc(Cl)cc1. The highest BCUT2D eigenvalue weighted by Crippen LogP contribution is 2.25. The lowest BCUT2D eigenvalue weighted by Gasteiger charge is -2.29. The van der Waals surface area contributed by atoms with Crippen molar-refractivity contribution in [2.45, 2.75) is 50.6 Å².